The van der Waals surface area contributed by atoms with E-state index in [4.69, 9.17) is 21.4 Å². The molecule has 1 heterocycles. The Bertz CT molecular complexity index is 688. The Balaban J connectivity index is 2.13. The lowest BCUT2D eigenvalue weighted by Crippen LogP contribution is -1.97. The average molecular weight is 308 g/mol. The molecule has 0 saturated carbocycles. The van der Waals surface area contributed by atoms with Gasteiger partial charge in [-0.3, -0.25) is 4.98 Å². The van der Waals surface area contributed by atoms with E-state index in [-0.39, 0.29) is 12.4 Å². The highest BCUT2D eigenvalue weighted by atomic mass is 35.5. The van der Waals surface area contributed by atoms with Crippen molar-refractivity contribution in [2.24, 2.45) is 0 Å². The third-order valence-electron chi connectivity index (χ3n) is 2.56. The van der Waals surface area contributed by atoms with Crippen molar-refractivity contribution in [3.63, 3.8) is 0 Å². The van der Waals surface area contributed by atoms with E-state index < -0.39 is 11.8 Å². The molecule has 0 saturated heterocycles. The minimum atomic E-state index is -1.11. The number of nitrogens with zero attached hydrogens (tertiary/aromatic N) is 1. The third-order valence-corrected chi connectivity index (χ3v) is 2.90. The number of rotatable bonds is 5. The molecule has 2 aromatic rings. The first-order chi connectivity index (χ1) is 10.0. The SMILES string of the molecule is O=C(O)/C=C/c1cc(F)cc(OCc2ccncc2Cl)c1. The molecule has 0 spiro atoms. The molecule has 0 unspecified atom stereocenters. The van der Waals surface area contributed by atoms with Gasteiger partial charge in [0.2, 0.25) is 0 Å². The largest absolute Gasteiger partial charge is 0.489 e. The van der Waals surface area contributed by atoms with Crippen LogP contribution in [0.5, 0.6) is 5.75 Å². The van der Waals surface area contributed by atoms with E-state index in [9.17, 15) is 9.18 Å². The highest BCUT2D eigenvalue weighted by molar-refractivity contribution is 6.31. The van der Waals surface area contributed by atoms with Crippen LogP contribution in [-0.4, -0.2) is 16.1 Å². The van der Waals surface area contributed by atoms with Crippen molar-refractivity contribution in [1.82, 2.24) is 4.98 Å². The molecule has 0 fully saturated rings. The summed E-state index contributed by atoms with van der Waals surface area (Å²) in [6, 6.07) is 5.67. The molecule has 1 aromatic heterocycles. The zero-order chi connectivity index (χ0) is 15.2. The molecule has 1 aromatic carbocycles. The Labute approximate surface area is 125 Å². The number of aromatic nitrogens is 1. The van der Waals surface area contributed by atoms with Crippen LogP contribution in [-0.2, 0) is 11.4 Å². The topological polar surface area (TPSA) is 59.4 Å². The first-order valence-corrected chi connectivity index (χ1v) is 6.35. The van der Waals surface area contributed by atoms with Crippen LogP contribution in [0, 0.1) is 5.82 Å². The molecule has 6 heteroatoms. The lowest BCUT2D eigenvalue weighted by molar-refractivity contribution is -0.131. The quantitative estimate of drug-likeness (QED) is 0.858. The zero-order valence-electron chi connectivity index (χ0n) is 10.8. The Morgan fingerprint density at radius 2 is 2.24 bits per heavy atom. The van der Waals surface area contributed by atoms with Gasteiger partial charge in [0.1, 0.15) is 18.2 Å². The molecule has 1 N–H and O–H groups in total. The van der Waals surface area contributed by atoms with Gasteiger partial charge in [-0.2, -0.15) is 0 Å². The number of carbonyl (C=O) groups is 1. The molecule has 0 aliphatic rings. The van der Waals surface area contributed by atoms with Gasteiger partial charge < -0.3 is 9.84 Å². The van der Waals surface area contributed by atoms with Crippen molar-refractivity contribution in [2.45, 2.75) is 6.61 Å². The van der Waals surface area contributed by atoms with Crippen LogP contribution >= 0.6 is 11.6 Å². The van der Waals surface area contributed by atoms with Crippen molar-refractivity contribution in [2.75, 3.05) is 0 Å². The van der Waals surface area contributed by atoms with Crippen LogP contribution in [0.4, 0.5) is 4.39 Å². The summed E-state index contributed by atoms with van der Waals surface area (Å²) in [5.41, 5.74) is 1.12. The average Bonchev–Trinajstić information content (AvgIpc) is 2.44. The third kappa shape index (κ3) is 4.57. The van der Waals surface area contributed by atoms with Gasteiger partial charge in [-0.1, -0.05) is 11.6 Å². The number of aliphatic carboxylic acids is 1. The molecule has 0 aliphatic carbocycles. The Morgan fingerprint density at radius 1 is 1.43 bits per heavy atom. The summed E-state index contributed by atoms with van der Waals surface area (Å²) >= 11 is 5.94. The lowest BCUT2D eigenvalue weighted by Gasteiger charge is -2.08. The van der Waals surface area contributed by atoms with Crippen LogP contribution in [0.2, 0.25) is 5.02 Å². The molecular weight excluding hydrogens is 297 g/mol. The second kappa shape index (κ2) is 6.85. The van der Waals surface area contributed by atoms with Crippen molar-refractivity contribution >= 4 is 23.6 Å². The second-order valence-corrected chi connectivity index (χ2v) is 4.55. The van der Waals surface area contributed by atoms with Gasteiger partial charge in [0.25, 0.3) is 0 Å². The van der Waals surface area contributed by atoms with E-state index in [0.29, 0.717) is 10.6 Å². The molecule has 4 nitrogen and oxygen atoms in total. The highest BCUT2D eigenvalue weighted by Gasteiger charge is 2.04. The summed E-state index contributed by atoms with van der Waals surface area (Å²) in [5, 5.41) is 9.02. The van der Waals surface area contributed by atoms with Crippen molar-refractivity contribution < 1.29 is 19.0 Å². The fourth-order valence-electron chi connectivity index (χ4n) is 1.61. The van der Waals surface area contributed by atoms with E-state index in [2.05, 4.69) is 4.98 Å². The van der Waals surface area contributed by atoms with Gasteiger partial charge in [-0.05, 0) is 29.8 Å². The summed E-state index contributed by atoms with van der Waals surface area (Å²) in [7, 11) is 0. The van der Waals surface area contributed by atoms with Crippen molar-refractivity contribution in [1.29, 1.82) is 0 Å². The van der Waals surface area contributed by atoms with Crippen LogP contribution < -0.4 is 4.74 Å². The number of pyridine rings is 1. The van der Waals surface area contributed by atoms with Gasteiger partial charge in [0.05, 0.1) is 5.02 Å². The maximum atomic E-state index is 13.5. The van der Waals surface area contributed by atoms with Crippen LogP contribution in [0.25, 0.3) is 6.08 Å². The predicted molar refractivity (Wildman–Crippen MR) is 76.6 cm³/mol. The number of halogens is 2. The molecule has 0 atom stereocenters. The number of hydrogen-bond donors (Lipinski definition) is 1. The van der Waals surface area contributed by atoms with Gasteiger partial charge in [-0.15, -0.1) is 0 Å². The van der Waals surface area contributed by atoms with E-state index in [1.54, 1.807) is 12.3 Å². The fourth-order valence-corrected chi connectivity index (χ4v) is 1.79. The lowest BCUT2D eigenvalue weighted by atomic mass is 10.2. The van der Waals surface area contributed by atoms with Crippen molar-refractivity contribution in [3.8, 4) is 5.75 Å². The summed E-state index contributed by atoms with van der Waals surface area (Å²) in [6.07, 6.45) is 5.29. The minimum absolute atomic E-state index is 0.160. The molecule has 2 rings (SSSR count). The Morgan fingerprint density at radius 3 is 2.95 bits per heavy atom. The molecule has 21 heavy (non-hydrogen) atoms. The molecule has 0 amide bonds. The predicted octanol–water partition coefficient (Wildman–Crippen LogP) is 3.55. The highest BCUT2D eigenvalue weighted by Crippen LogP contribution is 2.21. The zero-order valence-corrected chi connectivity index (χ0v) is 11.5. The summed E-state index contributed by atoms with van der Waals surface area (Å²) < 4.78 is 18.9. The fraction of sp³-hybridized carbons (Fsp3) is 0.0667. The van der Waals surface area contributed by atoms with Crippen LogP contribution in [0.15, 0.2) is 42.7 Å². The molecule has 0 aliphatic heterocycles. The van der Waals surface area contributed by atoms with E-state index in [1.807, 2.05) is 0 Å². The number of benzene rings is 1. The van der Waals surface area contributed by atoms with Gasteiger partial charge >= 0.3 is 5.97 Å². The summed E-state index contributed by atoms with van der Waals surface area (Å²) in [4.78, 5) is 14.3. The maximum absolute atomic E-state index is 13.5. The summed E-state index contributed by atoms with van der Waals surface area (Å²) in [5.74, 6) is -1.34. The van der Waals surface area contributed by atoms with Gasteiger partial charge in [0, 0.05) is 30.1 Å². The first-order valence-electron chi connectivity index (χ1n) is 5.97. The number of hydrogen-bond acceptors (Lipinski definition) is 3. The number of carboxylic acid groups (broad SMARTS) is 1. The van der Waals surface area contributed by atoms with Gasteiger partial charge in [0.15, 0.2) is 0 Å². The Hall–Kier alpha value is -2.40. The van der Waals surface area contributed by atoms with Gasteiger partial charge in [-0.25, -0.2) is 9.18 Å². The monoisotopic (exact) mass is 307 g/mol. The van der Waals surface area contributed by atoms with E-state index >= 15 is 0 Å². The standard InChI is InChI=1S/C15H11ClFNO3/c16-14-8-18-4-3-11(14)9-21-13-6-10(1-2-15(19)20)5-12(17)7-13/h1-8H,9H2,(H,19,20)/b2-1+. The normalized spacial score (nSPS) is 10.8. The van der Waals surface area contributed by atoms with Crippen molar-refractivity contribution in [3.05, 3.63) is 64.7 Å². The number of ether oxygens (including phenoxy) is 1. The van der Waals surface area contributed by atoms with E-state index in [1.165, 1.54) is 30.5 Å². The smallest absolute Gasteiger partial charge is 0.328 e. The molecule has 108 valence electrons. The second-order valence-electron chi connectivity index (χ2n) is 4.15. The Kier molecular flexibility index (Phi) is 4.90. The van der Waals surface area contributed by atoms with E-state index in [0.717, 1.165) is 11.6 Å². The molecule has 0 radical (unpaired) electrons. The maximum Gasteiger partial charge on any atom is 0.328 e. The number of carboxylic acids is 1. The first kappa shape index (κ1) is 15.0. The summed E-state index contributed by atoms with van der Waals surface area (Å²) in [6.45, 7) is 0.160. The molecular formula is C15H11ClFNO3. The van der Waals surface area contributed by atoms with Crippen LogP contribution in [0.3, 0.4) is 0 Å². The minimum Gasteiger partial charge on any atom is -0.489 e. The molecule has 0 bridgehead atoms. The van der Waals surface area contributed by atoms with Crippen LogP contribution in [0.1, 0.15) is 11.1 Å².